The first kappa shape index (κ1) is 21.5. The van der Waals surface area contributed by atoms with Crippen LogP contribution in [0.1, 0.15) is 37.2 Å². The van der Waals surface area contributed by atoms with Crippen molar-refractivity contribution in [1.29, 1.82) is 0 Å². The molecule has 174 valence electrons. The van der Waals surface area contributed by atoms with Gasteiger partial charge in [-0.25, -0.2) is 0 Å². The highest BCUT2D eigenvalue weighted by Crippen LogP contribution is 2.49. The number of Topliss-reactive ketones (excluding diaryl/α,β-unsaturated/α-hetero) is 2. The van der Waals surface area contributed by atoms with Crippen LogP contribution in [-0.4, -0.2) is 38.0 Å². The molecule has 2 aromatic carbocycles. The van der Waals surface area contributed by atoms with E-state index < -0.39 is 57.8 Å². The average molecular weight is 466 g/mol. The molecule has 1 unspecified atom stereocenters. The van der Waals surface area contributed by atoms with Crippen molar-refractivity contribution in [3.63, 3.8) is 0 Å². The van der Waals surface area contributed by atoms with E-state index in [1.165, 1.54) is 6.07 Å². The highest BCUT2D eigenvalue weighted by Gasteiger charge is 2.40. The molecule has 0 spiro atoms. The number of fused-ring (bicyclic) bond motifs is 3. The lowest BCUT2D eigenvalue weighted by Crippen LogP contribution is -2.32. The van der Waals surface area contributed by atoms with Crippen molar-refractivity contribution in [1.82, 2.24) is 0 Å². The van der Waals surface area contributed by atoms with Crippen LogP contribution in [0, 0.1) is 5.92 Å². The maximum atomic E-state index is 13.0. The number of carbonyl (C=O) groups excluding carboxylic acids is 3. The van der Waals surface area contributed by atoms with Crippen molar-refractivity contribution in [3.05, 3.63) is 40.1 Å². The molecule has 2 heterocycles. The zero-order chi connectivity index (χ0) is 24.3. The van der Waals surface area contributed by atoms with E-state index in [9.17, 15) is 39.6 Å². The highest BCUT2D eigenvalue weighted by molar-refractivity contribution is 6.37. The first-order chi connectivity index (χ1) is 16.2. The molecule has 1 aliphatic carbocycles. The Morgan fingerprint density at radius 2 is 1.62 bits per heavy atom. The largest absolute Gasteiger partial charge is 0.507 e. The Morgan fingerprint density at radius 3 is 2.32 bits per heavy atom. The summed E-state index contributed by atoms with van der Waals surface area (Å²) in [5, 5.41) is 40.1. The van der Waals surface area contributed by atoms with Gasteiger partial charge in [0, 0.05) is 36.0 Å². The van der Waals surface area contributed by atoms with Crippen LogP contribution in [0.4, 0.5) is 0 Å². The summed E-state index contributed by atoms with van der Waals surface area (Å²) in [6.45, 7) is 0. The zero-order valence-corrected chi connectivity index (χ0v) is 17.5. The molecule has 1 saturated carbocycles. The molecule has 3 aromatic rings. The molecule has 0 bridgehead atoms. The van der Waals surface area contributed by atoms with Gasteiger partial charge in [0.1, 0.15) is 22.5 Å². The Bertz CT molecular complexity index is 1470. The summed E-state index contributed by atoms with van der Waals surface area (Å²) in [4.78, 5) is 49.2. The molecule has 4 N–H and O–H groups in total. The number of ether oxygens (including phenoxy) is 1. The van der Waals surface area contributed by atoms with Crippen molar-refractivity contribution in [2.24, 2.45) is 5.92 Å². The number of hydrogen-bond acceptors (Lipinski definition) is 10. The van der Waals surface area contributed by atoms with Crippen LogP contribution in [-0.2, 0) is 14.4 Å². The van der Waals surface area contributed by atoms with Crippen molar-refractivity contribution >= 4 is 28.5 Å². The number of aromatic hydroxyl groups is 4. The lowest BCUT2D eigenvalue weighted by atomic mass is 9.73. The van der Waals surface area contributed by atoms with E-state index in [1.54, 1.807) is 0 Å². The zero-order valence-electron chi connectivity index (χ0n) is 17.5. The van der Waals surface area contributed by atoms with Gasteiger partial charge in [-0.3, -0.25) is 19.2 Å². The summed E-state index contributed by atoms with van der Waals surface area (Å²) in [5.74, 6) is -5.44. The summed E-state index contributed by atoms with van der Waals surface area (Å²) < 4.78 is 11.2. The number of phenolic OH excluding ortho intramolecular Hbond substituents is 3. The smallest absolute Gasteiger partial charge is 0.311 e. The fourth-order valence-corrected chi connectivity index (χ4v) is 4.73. The molecule has 0 amide bonds. The van der Waals surface area contributed by atoms with E-state index in [-0.39, 0.29) is 52.9 Å². The fourth-order valence-electron chi connectivity index (χ4n) is 4.73. The second-order valence-electron chi connectivity index (χ2n) is 8.46. The number of ketones is 2. The summed E-state index contributed by atoms with van der Waals surface area (Å²) >= 11 is 0. The maximum absolute atomic E-state index is 13.0. The van der Waals surface area contributed by atoms with Gasteiger partial charge in [-0.05, 0) is 30.5 Å². The standard InChI is InChI=1S/C24H18O10/c25-12-3-1-9(5-14(12)27)11-7-18(30)33-17-8-16(29)20-21(31)22(32)23(34-24(20)19(11)17)10-2-4-13(26)15(28)6-10/h2,4,6,8-9,11,26,28-29,32H,1,3,5,7H2/t9?,11-/m1/s1. The monoisotopic (exact) mass is 466 g/mol. The lowest BCUT2D eigenvalue weighted by Gasteiger charge is -2.33. The number of esters is 1. The molecule has 5 rings (SSSR count). The van der Waals surface area contributed by atoms with E-state index in [0.29, 0.717) is 6.42 Å². The van der Waals surface area contributed by atoms with Crippen molar-refractivity contribution in [2.75, 3.05) is 0 Å². The van der Waals surface area contributed by atoms with E-state index in [1.807, 2.05) is 0 Å². The van der Waals surface area contributed by atoms with Crippen LogP contribution in [0.15, 0.2) is 33.5 Å². The lowest BCUT2D eigenvalue weighted by molar-refractivity contribution is -0.140. The third kappa shape index (κ3) is 3.26. The molecule has 10 heteroatoms. The minimum Gasteiger partial charge on any atom is -0.507 e. The summed E-state index contributed by atoms with van der Waals surface area (Å²) in [6.07, 6.45) is 0.146. The van der Waals surface area contributed by atoms with Gasteiger partial charge in [0.15, 0.2) is 28.8 Å². The summed E-state index contributed by atoms with van der Waals surface area (Å²) in [6, 6.07) is 4.61. The van der Waals surface area contributed by atoms with Crippen LogP contribution in [0.3, 0.4) is 0 Å². The van der Waals surface area contributed by atoms with Gasteiger partial charge in [-0.2, -0.15) is 0 Å². The number of phenols is 3. The molecule has 2 aliphatic rings. The third-order valence-corrected chi connectivity index (χ3v) is 6.41. The second-order valence-corrected chi connectivity index (χ2v) is 8.46. The summed E-state index contributed by atoms with van der Waals surface area (Å²) in [7, 11) is 0. The molecule has 1 aromatic heterocycles. The third-order valence-electron chi connectivity index (χ3n) is 6.41. The van der Waals surface area contributed by atoms with Crippen LogP contribution in [0.2, 0.25) is 0 Å². The van der Waals surface area contributed by atoms with Crippen LogP contribution >= 0.6 is 0 Å². The molecule has 2 atom stereocenters. The first-order valence-corrected chi connectivity index (χ1v) is 10.5. The van der Waals surface area contributed by atoms with Gasteiger partial charge in [-0.15, -0.1) is 0 Å². The molecular weight excluding hydrogens is 448 g/mol. The van der Waals surface area contributed by atoms with Gasteiger partial charge in [0.2, 0.25) is 11.2 Å². The fraction of sp³-hybridized carbons (Fsp3) is 0.250. The number of carbonyl (C=O) groups is 3. The number of rotatable bonds is 2. The van der Waals surface area contributed by atoms with Crippen LogP contribution in [0.5, 0.6) is 28.7 Å². The average Bonchev–Trinajstić information content (AvgIpc) is 2.78. The van der Waals surface area contributed by atoms with Gasteiger partial charge < -0.3 is 29.6 Å². The molecule has 0 radical (unpaired) electrons. The van der Waals surface area contributed by atoms with Gasteiger partial charge in [-0.1, -0.05) is 0 Å². The van der Waals surface area contributed by atoms with Crippen LogP contribution < -0.4 is 10.2 Å². The number of hydrogen-bond donors (Lipinski definition) is 4. The Hall–Kier alpha value is -4.34. The maximum Gasteiger partial charge on any atom is 0.311 e. The predicted molar refractivity (Wildman–Crippen MR) is 115 cm³/mol. The topological polar surface area (TPSA) is 172 Å². The van der Waals surface area contributed by atoms with E-state index in [2.05, 4.69) is 0 Å². The Kier molecular flexibility index (Phi) is 4.82. The molecule has 10 nitrogen and oxygen atoms in total. The number of benzene rings is 2. The minimum atomic E-state index is -0.963. The van der Waals surface area contributed by atoms with Crippen LogP contribution in [0.25, 0.3) is 22.3 Å². The van der Waals surface area contributed by atoms with E-state index in [4.69, 9.17) is 9.15 Å². The minimum absolute atomic E-state index is 0.0309. The van der Waals surface area contributed by atoms with Crippen molar-refractivity contribution in [3.8, 4) is 40.1 Å². The molecule has 34 heavy (non-hydrogen) atoms. The predicted octanol–water partition coefficient (Wildman–Crippen LogP) is 2.61. The quantitative estimate of drug-likeness (QED) is 0.190. The van der Waals surface area contributed by atoms with E-state index in [0.717, 1.165) is 18.2 Å². The highest BCUT2D eigenvalue weighted by atomic mass is 16.5. The Balaban J connectivity index is 1.78. The van der Waals surface area contributed by atoms with Crippen molar-refractivity contribution in [2.45, 2.75) is 31.6 Å². The Morgan fingerprint density at radius 1 is 0.853 bits per heavy atom. The van der Waals surface area contributed by atoms with Gasteiger partial charge >= 0.3 is 5.97 Å². The Labute approximate surface area is 190 Å². The molecule has 0 saturated heterocycles. The molecule has 1 aliphatic heterocycles. The van der Waals surface area contributed by atoms with Crippen molar-refractivity contribution < 1.29 is 44.0 Å². The van der Waals surface area contributed by atoms with Gasteiger partial charge in [0.25, 0.3) is 0 Å². The second kappa shape index (κ2) is 7.62. The SMILES string of the molecule is O=C1C[C@H](C2CCC(=O)C(=O)C2)c2c(cc(O)c3c(=O)c(O)c(-c4ccc(O)c(O)c4)oc23)O1. The van der Waals surface area contributed by atoms with Gasteiger partial charge in [0.05, 0.1) is 6.42 Å². The molecule has 1 fully saturated rings. The first-order valence-electron chi connectivity index (χ1n) is 10.5. The van der Waals surface area contributed by atoms with E-state index >= 15 is 0 Å². The molecular formula is C24H18O10. The summed E-state index contributed by atoms with van der Waals surface area (Å²) in [5.41, 5.74) is -0.788. The normalized spacial score (nSPS) is 20.3.